The van der Waals surface area contributed by atoms with Gasteiger partial charge in [-0.1, -0.05) is 54.9 Å². The topological polar surface area (TPSA) is 24.1 Å². The van der Waals surface area contributed by atoms with E-state index < -0.39 is 8.40 Å². The summed E-state index contributed by atoms with van der Waals surface area (Å²) < 4.78 is 0. The van der Waals surface area contributed by atoms with Crippen molar-refractivity contribution in [2.45, 2.75) is 65.5 Å². The highest BCUT2D eigenvalue weighted by atomic mass is 28.3. The Balaban J connectivity index is 5.06. The van der Waals surface area contributed by atoms with Crippen LogP contribution in [0.2, 0.25) is 10.6 Å². The average Bonchev–Trinajstić information content (AvgIpc) is 2.14. The Morgan fingerprint density at radius 1 is 1.00 bits per heavy atom. The van der Waals surface area contributed by atoms with Gasteiger partial charge in [-0.3, -0.25) is 0 Å². The fraction of sp³-hybridized carbons (Fsp3) is 1.00. The highest BCUT2D eigenvalue weighted by Crippen LogP contribution is 2.40. The van der Waals surface area contributed by atoms with E-state index in [9.17, 15) is 0 Å². The van der Waals surface area contributed by atoms with Crippen molar-refractivity contribution in [2.24, 2.45) is 0 Å². The minimum absolute atomic E-state index is 0.356. The summed E-state index contributed by atoms with van der Waals surface area (Å²) in [6.45, 7) is 18.4. The van der Waals surface area contributed by atoms with Gasteiger partial charge in [0, 0.05) is 0 Å². The molecule has 0 aromatic carbocycles. The molecule has 92 valence electrons. The summed E-state index contributed by atoms with van der Waals surface area (Å²) in [4.78, 5) is 7.63. The van der Waals surface area contributed by atoms with Crippen molar-refractivity contribution in [3.8, 4) is 0 Å². The molecule has 0 aromatic heterocycles. The van der Waals surface area contributed by atoms with Crippen LogP contribution in [0.15, 0.2) is 0 Å². The second-order valence-corrected chi connectivity index (χ2v) is 10.2. The van der Waals surface area contributed by atoms with Gasteiger partial charge in [-0.2, -0.15) is 0 Å². The Morgan fingerprint density at radius 3 is 1.60 bits per heavy atom. The van der Waals surface area contributed by atoms with E-state index in [1.807, 2.05) is 0 Å². The van der Waals surface area contributed by atoms with Gasteiger partial charge in [-0.25, -0.2) is 0 Å². The smallest absolute Gasteiger partial charge is 0.209 e. The van der Waals surface area contributed by atoms with Crippen molar-refractivity contribution in [3.05, 3.63) is 0 Å². The lowest BCUT2D eigenvalue weighted by atomic mass is 10.2. The van der Waals surface area contributed by atoms with Gasteiger partial charge >= 0.3 is 0 Å². The van der Waals surface area contributed by atoms with E-state index in [4.69, 9.17) is 0 Å². The lowest BCUT2D eigenvalue weighted by Gasteiger charge is -2.47. The summed E-state index contributed by atoms with van der Waals surface area (Å²) in [5.74, 6) is 0. The molecule has 2 nitrogen and oxygen atoms in total. The van der Waals surface area contributed by atoms with Gasteiger partial charge < -0.3 is 9.96 Å². The standard InChI is InChI=1S/C12H30N2Si/c1-8-11(4)15(13-9-2,14-10-3)12(5,6)7/h11,13-14H,8-10H2,1-7H3. The molecule has 0 heterocycles. The molecule has 0 fully saturated rings. The summed E-state index contributed by atoms with van der Waals surface area (Å²) >= 11 is 0. The van der Waals surface area contributed by atoms with Crippen LogP contribution in [0, 0.1) is 0 Å². The first-order valence-electron chi connectivity index (χ1n) is 6.35. The number of nitrogens with one attached hydrogen (secondary N) is 2. The summed E-state index contributed by atoms with van der Waals surface area (Å²) in [5.41, 5.74) is 0.761. The van der Waals surface area contributed by atoms with E-state index >= 15 is 0 Å². The van der Waals surface area contributed by atoms with Gasteiger partial charge in [0.15, 0.2) is 0 Å². The Bertz CT molecular complexity index is 169. The van der Waals surface area contributed by atoms with Gasteiger partial charge in [-0.15, -0.1) is 0 Å². The molecule has 0 spiro atoms. The lowest BCUT2D eigenvalue weighted by molar-refractivity contribution is 0.597. The summed E-state index contributed by atoms with van der Waals surface area (Å²) in [6, 6.07) is 0. The molecule has 0 radical (unpaired) electrons. The molecule has 0 amide bonds. The van der Waals surface area contributed by atoms with Gasteiger partial charge in [0.25, 0.3) is 0 Å². The minimum Gasteiger partial charge on any atom is -0.325 e. The molecule has 0 rings (SSSR count). The zero-order valence-corrected chi connectivity index (χ0v) is 12.7. The third-order valence-electron chi connectivity index (χ3n) is 3.45. The number of hydrogen-bond acceptors (Lipinski definition) is 2. The zero-order chi connectivity index (χ0) is 12.1. The van der Waals surface area contributed by atoms with E-state index in [1.54, 1.807) is 0 Å². The van der Waals surface area contributed by atoms with Crippen molar-refractivity contribution in [1.29, 1.82) is 0 Å². The second-order valence-electron chi connectivity index (χ2n) is 5.43. The minimum atomic E-state index is -1.60. The average molecular weight is 230 g/mol. The number of rotatable bonds is 6. The van der Waals surface area contributed by atoms with Crippen molar-refractivity contribution >= 4 is 8.40 Å². The molecule has 0 bridgehead atoms. The molecule has 1 unspecified atom stereocenters. The maximum atomic E-state index is 3.82. The Morgan fingerprint density at radius 2 is 1.40 bits per heavy atom. The third-order valence-corrected chi connectivity index (χ3v) is 9.52. The predicted molar refractivity (Wildman–Crippen MR) is 72.5 cm³/mol. The molecule has 0 aliphatic heterocycles. The van der Waals surface area contributed by atoms with Crippen LogP contribution < -0.4 is 9.96 Å². The van der Waals surface area contributed by atoms with E-state index in [1.165, 1.54) is 6.42 Å². The number of hydrogen-bond donors (Lipinski definition) is 2. The van der Waals surface area contributed by atoms with E-state index in [0.29, 0.717) is 5.04 Å². The first-order chi connectivity index (χ1) is 6.85. The van der Waals surface area contributed by atoms with Crippen molar-refractivity contribution in [2.75, 3.05) is 13.1 Å². The van der Waals surface area contributed by atoms with Crippen molar-refractivity contribution in [3.63, 3.8) is 0 Å². The molecule has 0 aliphatic carbocycles. The molecular formula is C12H30N2Si. The van der Waals surface area contributed by atoms with Crippen LogP contribution in [0.5, 0.6) is 0 Å². The Labute approximate surface area is 97.4 Å². The van der Waals surface area contributed by atoms with Crippen LogP contribution >= 0.6 is 0 Å². The van der Waals surface area contributed by atoms with Crippen molar-refractivity contribution < 1.29 is 0 Å². The maximum Gasteiger partial charge on any atom is 0.209 e. The van der Waals surface area contributed by atoms with Crippen LogP contribution in [-0.4, -0.2) is 21.5 Å². The molecule has 2 N–H and O–H groups in total. The quantitative estimate of drug-likeness (QED) is 0.685. The first kappa shape index (κ1) is 15.1. The molecule has 3 heteroatoms. The van der Waals surface area contributed by atoms with Crippen LogP contribution in [0.3, 0.4) is 0 Å². The normalized spacial score (nSPS) is 15.4. The van der Waals surface area contributed by atoms with Gasteiger partial charge in [0.1, 0.15) is 0 Å². The van der Waals surface area contributed by atoms with Crippen LogP contribution in [0.25, 0.3) is 0 Å². The monoisotopic (exact) mass is 230 g/mol. The second kappa shape index (κ2) is 6.02. The SMILES string of the molecule is CCN[Si](NCC)(C(C)CC)C(C)(C)C. The zero-order valence-electron chi connectivity index (χ0n) is 11.7. The summed E-state index contributed by atoms with van der Waals surface area (Å²) in [5, 5.41) is 0.356. The van der Waals surface area contributed by atoms with E-state index in [-0.39, 0.29) is 0 Å². The van der Waals surface area contributed by atoms with E-state index in [0.717, 1.165) is 18.6 Å². The lowest BCUT2D eigenvalue weighted by Crippen LogP contribution is -2.70. The maximum absolute atomic E-state index is 3.82. The fourth-order valence-electron chi connectivity index (χ4n) is 2.54. The van der Waals surface area contributed by atoms with Gasteiger partial charge in [0.2, 0.25) is 8.40 Å². The highest BCUT2D eigenvalue weighted by Gasteiger charge is 2.47. The summed E-state index contributed by atoms with van der Waals surface area (Å²) in [7, 11) is -1.60. The Kier molecular flexibility index (Phi) is 6.07. The molecule has 0 saturated carbocycles. The molecule has 0 aliphatic rings. The van der Waals surface area contributed by atoms with E-state index in [2.05, 4.69) is 58.4 Å². The van der Waals surface area contributed by atoms with Crippen LogP contribution in [0.1, 0.15) is 54.9 Å². The van der Waals surface area contributed by atoms with Crippen LogP contribution in [0.4, 0.5) is 0 Å². The van der Waals surface area contributed by atoms with Crippen molar-refractivity contribution in [1.82, 2.24) is 9.96 Å². The first-order valence-corrected chi connectivity index (χ1v) is 8.43. The molecule has 0 aromatic rings. The molecule has 1 atom stereocenters. The Hall–Kier alpha value is 0.137. The molecule has 15 heavy (non-hydrogen) atoms. The summed E-state index contributed by atoms with van der Waals surface area (Å²) in [6.07, 6.45) is 1.25. The fourth-order valence-corrected chi connectivity index (χ4v) is 7.63. The molecular weight excluding hydrogens is 200 g/mol. The molecule has 0 saturated heterocycles. The largest absolute Gasteiger partial charge is 0.325 e. The predicted octanol–water partition coefficient (Wildman–Crippen LogP) is 3.25. The van der Waals surface area contributed by atoms with Gasteiger partial charge in [0.05, 0.1) is 0 Å². The third kappa shape index (κ3) is 3.30. The van der Waals surface area contributed by atoms with Crippen LogP contribution in [-0.2, 0) is 0 Å². The highest BCUT2D eigenvalue weighted by molar-refractivity contribution is 6.79. The van der Waals surface area contributed by atoms with Gasteiger partial charge in [-0.05, 0) is 23.7 Å².